The molecule has 0 bridgehead atoms. The summed E-state index contributed by atoms with van der Waals surface area (Å²) in [6.07, 6.45) is 1.81. The van der Waals surface area contributed by atoms with Crippen LogP contribution in [0.5, 0.6) is 0 Å². The van der Waals surface area contributed by atoms with Gasteiger partial charge >= 0.3 is 0 Å². The zero-order chi connectivity index (χ0) is 8.55. The Hall–Kier alpha value is -0.800. The molecule has 1 aliphatic rings. The van der Waals surface area contributed by atoms with Gasteiger partial charge in [0.2, 0.25) is 0 Å². The Morgan fingerprint density at radius 3 is 3.17 bits per heavy atom. The van der Waals surface area contributed by atoms with Crippen molar-refractivity contribution in [3.05, 3.63) is 23.5 Å². The Labute approximate surface area is 75.3 Å². The minimum atomic E-state index is -0.378. The highest BCUT2D eigenvalue weighted by Gasteiger charge is 2.12. The van der Waals surface area contributed by atoms with Crippen molar-refractivity contribution in [3.63, 3.8) is 0 Å². The average molecular weight is 185 g/mol. The molecule has 1 aromatic heterocycles. The number of hydrogen-bond donors (Lipinski definition) is 1. The molecule has 0 unspecified atom stereocenters. The van der Waals surface area contributed by atoms with Gasteiger partial charge < -0.3 is 9.88 Å². The van der Waals surface area contributed by atoms with E-state index in [1.165, 1.54) is 0 Å². The van der Waals surface area contributed by atoms with E-state index in [0.717, 1.165) is 25.3 Å². The predicted octanol–water partition coefficient (Wildman–Crippen LogP) is 0.970. The third-order valence-electron chi connectivity index (χ3n) is 2.05. The molecular weight excluding hydrogens is 176 g/mol. The molecule has 0 radical (unpaired) electrons. The highest BCUT2D eigenvalue weighted by atomic mass is 35.5. The molecule has 0 saturated heterocycles. The number of carbonyl (C=O) groups is 1. The van der Waals surface area contributed by atoms with Crippen molar-refractivity contribution in [1.29, 1.82) is 0 Å². The quantitative estimate of drug-likeness (QED) is 0.660. The van der Waals surface area contributed by atoms with Gasteiger partial charge in [0.05, 0.1) is 5.56 Å². The molecule has 1 N–H and O–H groups in total. The van der Waals surface area contributed by atoms with Crippen LogP contribution < -0.4 is 5.32 Å². The first-order valence-corrected chi connectivity index (χ1v) is 4.25. The second-order valence-electron chi connectivity index (χ2n) is 2.86. The third kappa shape index (κ3) is 1.26. The lowest BCUT2D eigenvalue weighted by atomic mass is 10.3. The topological polar surface area (TPSA) is 34.0 Å². The number of halogens is 1. The summed E-state index contributed by atoms with van der Waals surface area (Å²) < 4.78 is 2.06. The molecule has 0 saturated carbocycles. The van der Waals surface area contributed by atoms with Crippen molar-refractivity contribution in [2.75, 3.05) is 6.54 Å². The van der Waals surface area contributed by atoms with E-state index in [2.05, 4.69) is 9.88 Å². The highest BCUT2D eigenvalue weighted by molar-refractivity contribution is 6.67. The summed E-state index contributed by atoms with van der Waals surface area (Å²) in [5.74, 6) is 0. The van der Waals surface area contributed by atoms with Crippen LogP contribution in [0.25, 0.3) is 0 Å². The summed E-state index contributed by atoms with van der Waals surface area (Å²) in [7, 11) is 0. The largest absolute Gasteiger partial charge is 0.348 e. The van der Waals surface area contributed by atoms with E-state index in [1.54, 1.807) is 0 Å². The summed E-state index contributed by atoms with van der Waals surface area (Å²) in [6.45, 7) is 2.70. The van der Waals surface area contributed by atoms with Crippen LogP contribution in [0.4, 0.5) is 0 Å². The fourth-order valence-corrected chi connectivity index (χ4v) is 1.54. The molecule has 4 heteroatoms. The van der Waals surface area contributed by atoms with E-state index in [-0.39, 0.29) is 5.24 Å². The van der Waals surface area contributed by atoms with Gasteiger partial charge in [-0.25, -0.2) is 0 Å². The molecule has 0 aromatic carbocycles. The van der Waals surface area contributed by atoms with Crippen molar-refractivity contribution in [1.82, 2.24) is 9.88 Å². The maximum atomic E-state index is 10.8. The van der Waals surface area contributed by atoms with Gasteiger partial charge in [-0.1, -0.05) is 0 Å². The first-order valence-electron chi connectivity index (χ1n) is 3.87. The van der Waals surface area contributed by atoms with Crippen molar-refractivity contribution in [2.45, 2.75) is 13.1 Å². The first kappa shape index (κ1) is 7.83. The highest BCUT2D eigenvalue weighted by Crippen LogP contribution is 2.13. The zero-order valence-corrected chi connectivity index (χ0v) is 7.27. The van der Waals surface area contributed by atoms with E-state index >= 15 is 0 Å². The smallest absolute Gasteiger partial charge is 0.253 e. The minimum absolute atomic E-state index is 0.378. The Bertz CT molecular complexity index is 295. The Kier molecular flexibility index (Phi) is 1.90. The number of hydrogen-bond acceptors (Lipinski definition) is 2. The first-order chi connectivity index (χ1) is 5.77. The third-order valence-corrected chi connectivity index (χ3v) is 2.27. The molecular formula is C8H9ClN2O. The molecule has 1 aliphatic heterocycles. The van der Waals surface area contributed by atoms with E-state index in [9.17, 15) is 4.79 Å². The average Bonchev–Trinajstić information content (AvgIpc) is 2.46. The van der Waals surface area contributed by atoms with E-state index < -0.39 is 0 Å². The van der Waals surface area contributed by atoms with Crippen LogP contribution in [0, 0.1) is 0 Å². The number of fused-ring (bicyclic) bond motifs is 1. The lowest BCUT2D eigenvalue weighted by molar-refractivity contribution is 0.108. The summed E-state index contributed by atoms with van der Waals surface area (Å²) in [5.41, 5.74) is 1.72. The molecule has 0 atom stereocenters. The normalized spacial score (nSPS) is 15.8. The van der Waals surface area contributed by atoms with Crippen LogP contribution >= 0.6 is 11.6 Å². The van der Waals surface area contributed by atoms with Crippen LogP contribution in [-0.4, -0.2) is 16.4 Å². The standard InChI is InChI=1S/C8H9ClN2O/c9-8(12)6-3-7-4-10-1-2-11(7)5-6/h3,5,10H,1-2,4H2. The molecule has 0 spiro atoms. The number of rotatable bonds is 1. The van der Waals surface area contributed by atoms with Gasteiger partial charge in [0.25, 0.3) is 5.24 Å². The monoisotopic (exact) mass is 184 g/mol. The Morgan fingerprint density at radius 1 is 1.67 bits per heavy atom. The van der Waals surface area contributed by atoms with Crippen LogP contribution in [-0.2, 0) is 13.1 Å². The van der Waals surface area contributed by atoms with Crippen LogP contribution in [0.1, 0.15) is 16.1 Å². The second kappa shape index (κ2) is 2.92. The van der Waals surface area contributed by atoms with Gasteiger partial charge in [0.1, 0.15) is 0 Å². The Balaban J connectivity index is 2.38. The zero-order valence-electron chi connectivity index (χ0n) is 6.51. The summed E-state index contributed by atoms with van der Waals surface area (Å²) in [4.78, 5) is 10.8. The van der Waals surface area contributed by atoms with Crippen molar-refractivity contribution >= 4 is 16.8 Å². The molecule has 3 nitrogen and oxygen atoms in total. The maximum Gasteiger partial charge on any atom is 0.253 e. The van der Waals surface area contributed by atoms with E-state index in [4.69, 9.17) is 11.6 Å². The number of carbonyl (C=O) groups excluding carboxylic acids is 1. The maximum absolute atomic E-state index is 10.8. The molecule has 12 heavy (non-hydrogen) atoms. The van der Waals surface area contributed by atoms with Crippen LogP contribution in [0.15, 0.2) is 12.3 Å². The lowest BCUT2D eigenvalue weighted by Gasteiger charge is -2.15. The molecule has 64 valence electrons. The van der Waals surface area contributed by atoms with Crippen LogP contribution in [0.3, 0.4) is 0 Å². The predicted molar refractivity (Wildman–Crippen MR) is 46.3 cm³/mol. The fourth-order valence-electron chi connectivity index (χ4n) is 1.43. The van der Waals surface area contributed by atoms with Gasteiger partial charge in [-0.2, -0.15) is 0 Å². The summed E-state index contributed by atoms with van der Waals surface area (Å²) >= 11 is 5.35. The van der Waals surface area contributed by atoms with E-state index in [1.807, 2.05) is 12.3 Å². The number of aromatic nitrogens is 1. The van der Waals surface area contributed by atoms with Gasteiger partial charge in [0.15, 0.2) is 0 Å². The van der Waals surface area contributed by atoms with Gasteiger partial charge in [0, 0.05) is 31.5 Å². The van der Waals surface area contributed by atoms with Gasteiger partial charge in [-0.15, -0.1) is 0 Å². The lowest BCUT2D eigenvalue weighted by Crippen LogP contribution is -2.27. The Morgan fingerprint density at radius 2 is 2.50 bits per heavy atom. The molecule has 1 aromatic rings. The summed E-state index contributed by atoms with van der Waals surface area (Å²) in [6, 6.07) is 1.83. The van der Waals surface area contributed by atoms with Crippen molar-refractivity contribution in [3.8, 4) is 0 Å². The SMILES string of the molecule is O=C(Cl)c1cc2n(c1)CCNC2. The molecule has 0 fully saturated rings. The second-order valence-corrected chi connectivity index (χ2v) is 3.21. The molecule has 2 heterocycles. The van der Waals surface area contributed by atoms with E-state index in [0.29, 0.717) is 5.56 Å². The van der Waals surface area contributed by atoms with Gasteiger partial charge in [-0.3, -0.25) is 4.79 Å². The minimum Gasteiger partial charge on any atom is -0.348 e. The van der Waals surface area contributed by atoms with Crippen LogP contribution in [0.2, 0.25) is 0 Å². The fraction of sp³-hybridized carbons (Fsp3) is 0.375. The summed E-state index contributed by atoms with van der Waals surface area (Å²) in [5, 5.41) is 2.84. The van der Waals surface area contributed by atoms with Crippen molar-refractivity contribution in [2.24, 2.45) is 0 Å². The van der Waals surface area contributed by atoms with Gasteiger partial charge in [-0.05, 0) is 17.7 Å². The molecule has 0 amide bonds. The number of nitrogens with one attached hydrogen (secondary N) is 1. The molecule has 2 rings (SSSR count). The number of nitrogens with zero attached hydrogens (tertiary/aromatic N) is 1. The molecule has 0 aliphatic carbocycles. The van der Waals surface area contributed by atoms with Crippen molar-refractivity contribution < 1.29 is 4.79 Å².